The largest absolute Gasteiger partial charge is 0.490 e. The van der Waals surface area contributed by atoms with Crippen molar-refractivity contribution < 1.29 is 14.6 Å². The van der Waals surface area contributed by atoms with Crippen molar-refractivity contribution in [1.82, 2.24) is 4.90 Å². The first-order valence-corrected chi connectivity index (χ1v) is 9.84. The van der Waals surface area contributed by atoms with E-state index < -0.39 is 6.10 Å². The second-order valence-electron chi connectivity index (χ2n) is 7.31. The first-order chi connectivity index (χ1) is 14.5. The predicted molar refractivity (Wildman–Crippen MR) is 117 cm³/mol. The monoisotopic (exact) mass is 403 g/mol. The number of nitrogens with zero attached hydrogens (tertiary/aromatic N) is 2. The molecule has 0 aromatic heterocycles. The summed E-state index contributed by atoms with van der Waals surface area (Å²) in [4.78, 5) is 14.3. The maximum atomic E-state index is 12.7. The Balaban J connectivity index is 1.62. The second-order valence-corrected chi connectivity index (χ2v) is 7.31. The number of amides is 2. The zero-order valence-corrected chi connectivity index (χ0v) is 17.1. The maximum absolute atomic E-state index is 12.7. The Morgan fingerprint density at radius 2 is 1.87 bits per heavy atom. The Kier molecular flexibility index (Phi) is 6.89. The molecule has 1 atom stereocenters. The van der Waals surface area contributed by atoms with Gasteiger partial charge in [-0.05, 0) is 43.5 Å². The molecule has 0 bridgehead atoms. The molecule has 154 valence electrons. The lowest BCUT2D eigenvalue weighted by molar-refractivity contribution is 0.0722. The first-order valence-electron chi connectivity index (χ1n) is 9.84. The van der Waals surface area contributed by atoms with E-state index in [2.05, 4.69) is 5.32 Å². The number of aliphatic hydroxyl groups excluding tert-OH is 1. The van der Waals surface area contributed by atoms with Crippen LogP contribution < -0.4 is 10.1 Å². The molecular formula is C24H25N3O3. The highest BCUT2D eigenvalue weighted by Gasteiger charge is 2.21. The lowest BCUT2D eigenvalue weighted by Crippen LogP contribution is -2.45. The quantitative estimate of drug-likeness (QED) is 0.612. The Bertz CT molecular complexity index is 1050. The topological polar surface area (TPSA) is 85.6 Å². The Morgan fingerprint density at radius 3 is 2.63 bits per heavy atom. The van der Waals surface area contributed by atoms with Crippen LogP contribution in [0.2, 0.25) is 0 Å². The number of nitrogens with one attached hydrogen (secondary N) is 1. The third-order valence-electron chi connectivity index (χ3n) is 4.72. The molecule has 0 fully saturated rings. The minimum atomic E-state index is -0.859. The van der Waals surface area contributed by atoms with Gasteiger partial charge in [-0.25, -0.2) is 4.79 Å². The molecule has 0 aliphatic rings. The molecule has 30 heavy (non-hydrogen) atoms. The van der Waals surface area contributed by atoms with Crippen LogP contribution in [-0.4, -0.2) is 41.3 Å². The molecule has 3 aromatic rings. The fourth-order valence-electron chi connectivity index (χ4n) is 3.18. The van der Waals surface area contributed by atoms with Gasteiger partial charge in [-0.2, -0.15) is 5.26 Å². The molecule has 0 radical (unpaired) electrons. The number of hydrogen-bond donors (Lipinski definition) is 2. The van der Waals surface area contributed by atoms with Crippen molar-refractivity contribution in [2.24, 2.45) is 0 Å². The molecule has 0 spiro atoms. The highest BCUT2D eigenvalue weighted by Crippen LogP contribution is 2.25. The van der Waals surface area contributed by atoms with Crippen LogP contribution >= 0.6 is 0 Å². The molecule has 3 aromatic carbocycles. The van der Waals surface area contributed by atoms with E-state index >= 15 is 0 Å². The fraction of sp³-hybridized carbons (Fsp3) is 0.250. The van der Waals surface area contributed by atoms with Crippen LogP contribution in [-0.2, 0) is 0 Å². The fourth-order valence-corrected chi connectivity index (χ4v) is 3.18. The molecule has 0 saturated heterocycles. The lowest BCUT2D eigenvalue weighted by Gasteiger charge is -2.29. The summed E-state index contributed by atoms with van der Waals surface area (Å²) in [7, 11) is 0. The van der Waals surface area contributed by atoms with Crippen LogP contribution in [0.1, 0.15) is 19.4 Å². The van der Waals surface area contributed by atoms with Gasteiger partial charge in [-0.1, -0.05) is 42.5 Å². The highest BCUT2D eigenvalue weighted by molar-refractivity contribution is 5.90. The second kappa shape index (κ2) is 9.77. The van der Waals surface area contributed by atoms with Gasteiger partial charge in [-0.15, -0.1) is 0 Å². The minimum Gasteiger partial charge on any atom is -0.490 e. The van der Waals surface area contributed by atoms with Gasteiger partial charge in [0.25, 0.3) is 0 Å². The Labute approximate surface area is 176 Å². The van der Waals surface area contributed by atoms with Crippen LogP contribution in [0.15, 0.2) is 66.7 Å². The van der Waals surface area contributed by atoms with E-state index in [1.807, 2.05) is 62.4 Å². The molecule has 3 rings (SSSR count). The third-order valence-corrected chi connectivity index (χ3v) is 4.72. The van der Waals surface area contributed by atoms with E-state index in [1.54, 1.807) is 24.3 Å². The molecule has 6 heteroatoms. The maximum Gasteiger partial charge on any atom is 0.322 e. The zero-order chi connectivity index (χ0) is 21.5. The molecule has 0 aliphatic heterocycles. The van der Waals surface area contributed by atoms with Gasteiger partial charge in [-0.3, -0.25) is 0 Å². The summed E-state index contributed by atoms with van der Waals surface area (Å²) in [6.07, 6.45) is -0.859. The van der Waals surface area contributed by atoms with Crippen LogP contribution in [0.25, 0.3) is 10.8 Å². The Morgan fingerprint density at radius 1 is 1.13 bits per heavy atom. The number of nitriles is 1. The third kappa shape index (κ3) is 5.28. The molecule has 2 amide bonds. The summed E-state index contributed by atoms with van der Waals surface area (Å²) in [6, 6.07) is 21.9. The number of fused-ring (bicyclic) bond motifs is 1. The van der Waals surface area contributed by atoms with E-state index in [9.17, 15) is 9.90 Å². The van der Waals surface area contributed by atoms with Crippen molar-refractivity contribution in [1.29, 1.82) is 5.26 Å². The van der Waals surface area contributed by atoms with Gasteiger partial charge < -0.3 is 20.1 Å². The van der Waals surface area contributed by atoms with Gasteiger partial charge in [0.05, 0.1) is 18.2 Å². The van der Waals surface area contributed by atoms with Gasteiger partial charge in [0, 0.05) is 17.1 Å². The van der Waals surface area contributed by atoms with Crippen LogP contribution in [0, 0.1) is 11.3 Å². The molecule has 2 N–H and O–H groups in total. The number of benzene rings is 3. The zero-order valence-electron chi connectivity index (χ0n) is 17.1. The van der Waals surface area contributed by atoms with Gasteiger partial charge in [0.1, 0.15) is 18.5 Å². The highest BCUT2D eigenvalue weighted by atomic mass is 16.5. The number of rotatable bonds is 7. The SMILES string of the molecule is CC(C)N(CC(O)COc1cccc2ccccc12)C(=O)Nc1cccc(C#N)c1. The average molecular weight is 403 g/mol. The van der Waals surface area contributed by atoms with Crippen molar-refractivity contribution in [3.05, 3.63) is 72.3 Å². The van der Waals surface area contributed by atoms with Crippen LogP contribution in [0.3, 0.4) is 0 Å². The molecule has 0 heterocycles. The Hall–Kier alpha value is -3.56. The molecular weight excluding hydrogens is 378 g/mol. The van der Waals surface area contributed by atoms with Crippen molar-refractivity contribution >= 4 is 22.5 Å². The van der Waals surface area contributed by atoms with Crippen molar-refractivity contribution in [2.75, 3.05) is 18.5 Å². The summed E-state index contributed by atoms with van der Waals surface area (Å²) < 4.78 is 5.85. The van der Waals surface area contributed by atoms with Crippen molar-refractivity contribution in [2.45, 2.75) is 26.0 Å². The molecule has 0 aliphatic carbocycles. The summed E-state index contributed by atoms with van der Waals surface area (Å²) in [6.45, 7) is 3.94. The molecule has 1 unspecified atom stereocenters. The van der Waals surface area contributed by atoms with Crippen molar-refractivity contribution in [3.8, 4) is 11.8 Å². The van der Waals surface area contributed by atoms with Crippen LogP contribution in [0.4, 0.5) is 10.5 Å². The number of aliphatic hydroxyl groups is 1. The van der Waals surface area contributed by atoms with E-state index in [4.69, 9.17) is 10.00 Å². The molecule has 6 nitrogen and oxygen atoms in total. The number of urea groups is 1. The predicted octanol–water partition coefficient (Wildman–Crippen LogP) is 4.39. The summed E-state index contributed by atoms with van der Waals surface area (Å²) >= 11 is 0. The summed E-state index contributed by atoms with van der Waals surface area (Å²) in [5, 5.41) is 24.3. The summed E-state index contributed by atoms with van der Waals surface area (Å²) in [5.41, 5.74) is 0.999. The summed E-state index contributed by atoms with van der Waals surface area (Å²) in [5.74, 6) is 0.695. The van der Waals surface area contributed by atoms with E-state index in [0.29, 0.717) is 17.0 Å². The minimum absolute atomic E-state index is 0.0639. The molecule has 0 saturated carbocycles. The van der Waals surface area contributed by atoms with Crippen LogP contribution in [0.5, 0.6) is 5.75 Å². The number of anilines is 1. The number of hydrogen-bond acceptors (Lipinski definition) is 4. The van der Waals surface area contributed by atoms with E-state index in [0.717, 1.165) is 10.8 Å². The first kappa shape index (κ1) is 21.2. The number of carbonyl (C=O) groups excluding carboxylic acids is 1. The lowest BCUT2D eigenvalue weighted by atomic mass is 10.1. The number of ether oxygens (including phenoxy) is 1. The van der Waals surface area contributed by atoms with Crippen molar-refractivity contribution in [3.63, 3.8) is 0 Å². The average Bonchev–Trinajstić information content (AvgIpc) is 2.75. The van der Waals surface area contributed by atoms with Gasteiger partial charge in [0.15, 0.2) is 0 Å². The van der Waals surface area contributed by atoms with E-state index in [-0.39, 0.29) is 25.2 Å². The standard InChI is InChI=1S/C24H25N3O3/c1-17(2)27(24(29)26-20-10-5-7-18(13-20)14-25)15-21(28)16-30-23-12-6-9-19-8-3-4-11-22(19)23/h3-13,17,21,28H,15-16H2,1-2H3,(H,26,29). The normalized spacial score (nSPS) is 11.7. The van der Waals surface area contributed by atoms with E-state index in [1.165, 1.54) is 4.90 Å². The smallest absolute Gasteiger partial charge is 0.322 e. The number of carbonyl (C=O) groups is 1. The van der Waals surface area contributed by atoms with Gasteiger partial charge in [0.2, 0.25) is 0 Å². The van der Waals surface area contributed by atoms with Gasteiger partial charge >= 0.3 is 6.03 Å².